The zero-order chi connectivity index (χ0) is 19.1. The van der Waals surface area contributed by atoms with Gasteiger partial charge in [-0.15, -0.1) is 0 Å². The Morgan fingerprint density at radius 3 is 2.54 bits per heavy atom. The number of benzene rings is 3. The molecule has 3 aromatic carbocycles. The molecule has 4 nitrogen and oxygen atoms in total. The molecule has 0 bridgehead atoms. The Kier molecular flexibility index (Phi) is 4.14. The number of hydrogen-bond donors (Lipinski definition) is 0. The van der Waals surface area contributed by atoms with E-state index in [2.05, 4.69) is 35.2 Å². The normalized spacial score (nSPS) is 14.2. The fourth-order valence-electron chi connectivity index (χ4n) is 4.06. The summed E-state index contributed by atoms with van der Waals surface area (Å²) in [5.74, 6) is 0.849. The Balaban J connectivity index is 1.52. The highest BCUT2D eigenvalue weighted by Gasteiger charge is 2.23. The Bertz CT molecular complexity index is 1230. The lowest BCUT2D eigenvalue weighted by atomic mass is 10.00. The molecule has 0 aliphatic carbocycles. The highest BCUT2D eigenvalue weighted by atomic mass is 16.5. The third-order valence-electron chi connectivity index (χ3n) is 5.51. The molecule has 0 amide bonds. The monoisotopic (exact) mass is 371 g/mol. The first kappa shape index (κ1) is 17.0. The van der Waals surface area contributed by atoms with Crippen LogP contribution in [0.3, 0.4) is 0 Å². The summed E-state index contributed by atoms with van der Waals surface area (Å²) in [5, 5.41) is 2.52. The minimum atomic E-state index is -0.300. The van der Waals surface area contributed by atoms with Crippen molar-refractivity contribution in [2.45, 2.75) is 19.9 Å². The zero-order valence-corrected chi connectivity index (χ0v) is 15.8. The van der Waals surface area contributed by atoms with E-state index in [1.807, 2.05) is 37.3 Å². The van der Waals surface area contributed by atoms with E-state index < -0.39 is 0 Å². The van der Waals surface area contributed by atoms with Gasteiger partial charge in [0.2, 0.25) is 0 Å². The van der Waals surface area contributed by atoms with Gasteiger partial charge in [-0.1, -0.05) is 48.5 Å². The molecule has 0 saturated heterocycles. The first-order chi connectivity index (χ1) is 13.7. The summed E-state index contributed by atoms with van der Waals surface area (Å²) in [4.78, 5) is 14.7. The van der Waals surface area contributed by atoms with E-state index >= 15 is 0 Å². The van der Waals surface area contributed by atoms with Gasteiger partial charge in [0, 0.05) is 29.6 Å². The summed E-state index contributed by atoms with van der Waals surface area (Å²) in [7, 11) is 0. The summed E-state index contributed by atoms with van der Waals surface area (Å²) in [6.45, 7) is 4.28. The third kappa shape index (κ3) is 2.86. The van der Waals surface area contributed by atoms with Crippen LogP contribution >= 0.6 is 0 Å². The minimum Gasteiger partial charge on any atom is -0.477 e. The fraction of sp³-hybridized carbons (Fsp3) is 0.208. The van der Waals surface area contributed by atoms with Gasteiger partial charge in [-0.25, -0.2) is 4.79 Å². The van der Waals surface area contributed by atoms with Crippen molar-refractivity contribution in [3.05, 3.63) is 87.8 Å². The third-order valence-corrected chi connectivity index (χ3v) is 5.51. The number of aryl methyl sites for hydroxylation is 1. The largest absolute Gasteiger partial charge is 0.477 e. The van der Waals surface area contributed by atoms with Gasteiger partial charge in [-0.2, -0.15) is 0 Å². The summed E-state index contributed by atoms with van der Waals surface area (Å²) < 4.78 is 11.7. The van der Waals surface area contributed by atoms with Crippen LogP contribution in [0.25, 0.3) is 21.7 Å². The van der Waals surface area contributed by atoms with Gasteiger partial charge >= 0.3 is 5.63 Å². The maximum atomic E-state index is 12.4. The van der Waals surface area contributed by atoms with Gasteiger partial charge in [0.05, 0.1) is 5.39 Å². The molecule has 0 atom stereocenters. The van der Waals surface area contributed by atoms with Crippen LogP contribution in [-0.4, -0.2) is 18.2 Å². The van der Waals surface area contributed by atoms with Gasteiger partial charge in [0.25, 0.3) is 0 Å². The van der Waals surface area contributed by atoms with Crippen molar-refractivity contribution in [1.29, 1.82) is 0 Å². The smallest absolute Gasteiger partial charge is 0.344 e. The Morgan fingerprint density at radius 1 is 0.964 bits per heavy atom. The molecule has 2 heterocycles. The predicted octanol–water partition coefficient (Wildman–Crippen LogP) is 4.65. The molecule has 0 radical (unpaired) electrons. The van der Waals surface area contributed by atoms with Crippen molar-refractivity contribution in [2.24, 2.45) is 0 Å². The molecule has 140 valence electrons. The molecule has 0 spiro atoms. The predicted molar refractivity (Wildman–Crippen MR) is 111 cm³/mol. The first-order valence-corrected chi connectivity index (χ1v) is 9.58. The molecular formula is C24H21NO3. The molecule has 4 aromatic rings. The Hall–Kier alpha value is -3.11. The SMILES string of the molecule is Cc1c2c(cc3c1oc(=O)c1ccccc13)CN(CCc1ccccc1)CO2. The van der Waals surface area contributed by atoms with Crippen molar-refractivity contribution >= 4 is 21.7 Å². The van der Waals surface area contributed by atoms with Gasteiger partial charge in [-0.05, 0) is 36.4 Å². The van der Waals surface area contributed by atoms with E-state index in [-0.39, 0.29) is 5.63 Å². The summed E-state index contributed by atoms with van der Waals surface area (Å²) in [6, 6.07) is 20.3. The number of fused-ring (bicyclic) bond motifs is 4. The van der Waals surface area contributed by atoms with Crippen molar-refractivity contribution < 1.29 is 9.15 Å². The number of nitrogens with zero attached hydrogens (tertiary/aromatic N) is 1. The molecule has 0 unspecified atom stereocenters. The van der Waals surface area contributed by atoms with Gasteiger partial charge < -0.3 is 9.15 Å². The topological polar surface area (TPSA) is 42.7 Å². The first-order valence-electron chi connectivity index (χ1n) is 9.58. The highest BCUT2D eigenvalue weighted by molar-refractivity contribution is 6.06. The molecule has 0 saturated carbocycles. The zero-order valence-electron chi connectivity index (χ0n) is 15.8. The Labute approximate surface area is 163 Å². The molecule has 5 rings (SSSR count). The Morgan fingerprint density at radius 2 is 1.71 bits per heavy atom. The maximum Gasteiger partial charge on any atom is 0.344 e. The van der Waals surface area contributed by atoms with Crippen LogP contribution in [0.5, 0.6) is 5.75 Å². The van der Waals surface area contributed by atoms with Gasteiger partial charge in [0.1, 0.15) is 18.1 Å². The average molecular weight is 371 g/mol. The van der Waals surface area contributed by atoms with Crippen molar-refractivity contribution in [3.8, 4) is 5.75 Å². The van der Waals surface area contributed by atoms with Crippen molar-refractivity contribution in [1.82, 2.24) is 4.90 Å². The number of hydrogen-bond acceptors (Lipinski definition) is 4. The lowest BCUT2D eigenvalue weighted by molar-refractivity contribution is 0.0959. The van der Waals surface area contributed by atoms with Crippen molar-refractivity contribution in [2.75, 3.05) is 13.3 Å². The van der Waals surface area contributed by atoms with Crippen LogP contribution in [0.2, 0.25) is 0 Å². The minimum absolute atomic E-state index is 0.300. The molecule has 1 aliphatic rings. The summed E-state index contributed by atoms with van der Waals surface area (Å²) in [5.41, 5.74) is 3.70. The lowest BCUT2D eigenvalue weighted by Gasteiger charge is -2.30. The molecule has 1 aromatic heterocycles. The summed E-state index contributed by atoms with van der Waals surface area (Å²) in [6.07, 6.45) is 0.990. The number of rotatable bonds is 3. The molecule has 1 aliphatic heterocycles. The fourth-order valence-corrected chi connectivity index (χ4v) is 4.06. The van der Waals surface area contributed by atoms with Crippen LogP contribution in [0.4, 0.5) is 0 Å². The van der Waals surface area contributed by atoms with Crippen LogP contribution in [0, 0.1) is 6.92 Å². The highest BCUT2D eigenvalue weighted by Crippen LogP contribution is 2.36. The van der Waals surface area contributed by atoms with Crippen LogP contribution < -0.4 is 10.4 Å². The standard InChI is InChI=1S/C24H21NO3/c1-16-22-18(14-25(15-27-22)12-11-17-7-3-2-4-8-17)13-21-19-9-5-6-10-20(19)24(26)28-23(16)21/h2-10,13H,11-12,14-15H2,1H3. The van der Waals surface area contributed by atoms with Crippen LogP contribution in [-0.2, 0) is 13.0 Å². The van der Waals surface area contributed by atoms with E-state index in [0.29, 0.717) is 17.7 Å². The molecule has 4 heteroatoms. The van der Waals surface area contributed by atoms with E-state index in [1.165, 1.54) is 5.56 Å². The number of ether oxygens (including phenoxy) is 1. The van der Waals surface area contributed by atoms with Crippen molar-refractivity contribution in [3.63, 3.8) is 0 Å². The molecule has 0 fully saturated rings. The lowest BCUT2D eigenvalue weighted by Crippen LogP contribution is -2.34. The second-order valence-corrected chi connectivity index (χ2v) is 7.36. The van der Waals surface area contributed by atoms with E-state index in [1.54, 1.807) is 0 Å². The average Bonchev–Trinajstić information content (AvgIpc) is 2.74. The van der Waals surface area contributed by atoms with E-state index in [9.17, 15) is 4.79 Å². The van der Waals surface area contributed by atoms with E-state index in [0.717, 1.165) is 47.2 Å². The second kappa shape index (κ2) is 6.80. The van der Waals surface area contributed by atoms with Gasteiger partial charge in [-0.3, -0.25) is 4.90 Å². The van der Waals surface area contributed by atoms with Crippen LogP contribution in [0.1, 0.15) is 16.7 Å². The molecular weight excluding hydrogens is 350 g/mol. The van der Waals surface area contributed by atoms with Gasteiger partial charge in [0.15, 0.2) is 0 Å². The summed E-state index contributed by atoms with van der Waals surface area (Å²) >= 11 is 0. The van der Waals surface area contributed by atoms with Crippen LogP contribution in [0.15, 0.2) is 69.9 Å². The molecule has 28 heavy (non-hydrogen) atoms. The maximum absolute atomic E-state index is 12.4. The molecule has 0 N–H and O–H groups in total. The second-order valence-electron chi connectivity index (χ2n) is 7.36. The van der Waals surface area contributed by atoms with E-state index in [4.69, 9.17) is 9.15 Å². The quantitative estimate of drug-likeness (QED) is 0.388.